The minimum absolute atomic E-state index is 0.364. The first-order valence-corrected chi connectivity index (χ1v) is 3.78. The van der Waals surface area contributed by atoms with Crippen LogP contribution in [-0.2, 0) is 9.59 Å². The highest BCUT2D eigenvalue weighted by molar-refractivity contribution is 5.92. The molecule has 5 heteroatoms. The normalized spacial score (nSPS) is 21.2. The lowest BCUT2D eigenvalue weighted by Gasteiger charge is -2.12. The minimum atomic E-state index is -1.05. The number of hydrogen-bond acceptors (Lipinski definition) is 3. The summed E-state index contributed by atoms with van der Waals surface area (Å²) in [5.74, 6) is -1.41. The second-order valence-corrected chi connectivity index (χ2v) is 3.19. The van der Waals surface area contributed by atoms with Crippen molar-refractivity contribution in [3.05, 3.63) is 0 Å². The predicted octanol–water partition coefficient (Wildman–Crippen LogP) is -0.933. The average molecular weight is 172 g/mol. The van der Waals surface area contributed by atoms with Crippen LogP contribution in [0.2, 0.25) is 0 Å². The Labute approximate surface area is 69.9 Å². The van der Waals surface area contributed by atoms with Gasteiger partial charge in [0.25, 0.3) is 0 Å². The van der Waals surface area contributed by atoms with Crippen LogP contribution in [-0.4, -0.2) is 28.6 Å². The molecule has 0 spiro atoms. The third-order valence-corrected chi connectivity index (χ3v) is 1.96. The molecule has 1 aliphatic carbocycles. The van der Waals surface area contributed by atoms with Crippen LogP contribution in [0.1, 0.15) is 19.8 Å². The molecule has 1 atom stereocenters. The van der Waals surface area contributed by atoms with Gasteiger partial charge in [0.15, 0.2) is 0 Å². The quantitative estimate of drug-likeness (QED) is 0.512. The van der Waals surface area contributed by atoms with E-state index in [-0.39, 0.29) is 5.91 Å². The molecular weight excluding hydrogens is 160 g/mol. The predicted molar refractivity (Wildman–Crippen MR) is 41.4 cm³/mol. The van der Waals surface area contributed by atoms with Crippen molar-refractivity contribution in [2.45, 2.75) is 31.3 Å². The van der Waals surface area contributed by atoms with E-state index in [1.165, 1.54) is 6.92 Å². The zero-order valence-electron chi connectivity index (χ0n) is 6.83. The highest BCUT2D eigenvalue weighted by atomic mass is 16.4. The van der Waals surface area contributed by atoms with Crippen LogP contribution in [0.5, 0.6) is 0 Å². The maximum atomic E-state index is 11.1. The lowest BCUT2D eigenvalue weighted by molar-refractivity contribution is -0.141. The molecule has 12 heavy (non-hydrogen) atoms. The third-order valence-electron chi connectivity index (χ3n) is 1.96. The van der Waals surface area contributed by atoms with Gasteiger partial charge in [0, 0.05) is 0 Å². The van der Waals surface area contributed by atoms with E-state index in [9.17, 15) is 9.59 Å². The number of carboxylic acid groups (broad SMARTS) is 1. The molecule has 0 saturated heterocycles. The summed E-state index contributed by atoms with van der Waals surface area (Å²) in [7, 11) is 0. The molecule has 0 aromatic rings. The molecule has 5 nitrogen and oxygen atoms in total. The standard InChI is InChI=1S/C7H12N2O3/c1-4(5(10)11)9-6(12)7(8)2-3-7/h4H,2-3,8H2,1H3,(H,9,12)(H,10,11). The molecule has 0 aromatic carbocycles. The Morgan fingerprint density at radius 2 is 2.08 bits per heavy atom. The number of rotatable bonds is 3. The summed E-state index contributed by atoms with van der Waals surface area (Å²) in [5, 5.41) is 10.8. The van der Waals surface area contributed by atoms with Gasteiger partial charge in [-0.3, -0.25) is 9.59 Å². The molecule has 1 aliphatic rings. The van der Waals surface area contributed by atoms with Gasteiger partial charge >= 0.3 is 5.97 Å². The molecule has 1 unspecified atom stereocenters. The number of nitrogens with one attached hydrogen (secondary N) is 1. The molecule has 1 amide bonds. The zero-order valence-corrected chi connectivity index (χ0v) is 6.83. The molecule has 68 valence electrons. The Morgan fingerprint density at radius 3 is 2.42 bits per heavy atom. The van der Waals surface area contributed by atoms with Gasteiger partial charge in [-0.1, -0.05) is 0 Å². The van der Waals surface area contributed by atoms with E-state index in [2.05, 4.69) is 5.32 Å². The van der Waals surface area contributed by atoms with Crippen LogP contribution >= 0.6 is 0 Å². The second kappa shape index (κ2) is 2.75. The van der Waals surface area contributed by atoms with Crippen molar-refractivity contribution in [2.24, 2.45) is 5.73 Å². The molecule has 0 aromatic heterocycles. The van der Waals surface area contributed by atoms with E-state index in [0.717, 1.165) is 0 Å². The molecule has 4 N–H and O–H groups in total. The molecule has 0 radical (unpaired) electrons. The van der Waals surface area contributed by atoms with E-state index >= 15 is 0 Å². The van der Waals surface area contributed by atoms with Crippen molar-refractivity contribution >= 4 is 11.9 Å². The topological polar surface area (TPSA) is 92.4 Å². The van der Waals surface area contributed by atoms with Gasteiger partial charge in [0.1, 0.15) is 6.04 Å². The van der Waals surface area contributed by atoms with E-state index in [0.29, 0.717) is 12.8 Å². The maximum Gasteiger partial charge on any atom is 0.325 e. The number of carbonyl (C=O) groups excluding carboxylic acids is 1. The molecule has 1 saturated carbocycles. The smallest absolute Gasteiger partial charge is 0.325 e. The lowest BCUT2D eigenvalue weighted by Crippen LogP contribution is -2.48. The van der Waals surface area contributed by atoms with Crippen LogP contribution in [0.15, 0.2) is 0 Å². The number of amides is 1. The van der Waals surface area contributed by atoms with E-state index < -0.39 is 17.6 Å². The minimum Gasteiger partial charge on any atom is -0.480 e. The van der Waals surface area contributed by atoms with E-state index in [1.54, 1.807) is 0 Å². The second-order valence-electron chi connectivity index (χ2n) is 3.19. The number of carbonyl (C=O) groups is 2. The van der Waals surface area contributed by atoms with Gasteiger partial charge in [0.2, 0.25) is 5.91 Å². The largest absolute Gasteiger partial charge is 0.480 e. The monoisotopic (exact) mass is 172 g/mol. The fourth-order valence-electron chi connectivity index (χ4n) is 0.764. The molecule has 0 bridgehead atoms. The first kappa shape index (κ1) is 8.99. The summed E-state index contributed by atoms with van der Waals surface area (Å²) in [6.45, 7) is 1.41. The highest BCUT2D eigenvalue weighted by Crippen LogP contribution is 2.32. The van der Waals surface area contributed by atoms with Crippen LogP contribution in [0.25, 0.3) is 0 Å². The summed E-state index contributed by atoms with van der Waals surface area (Å²) in [5.41, 5.74) is 4.75. The van der Waals surface area contributed by atoms with Gasteiger partial charge in [-0.15, -0.1) is 0 Å². The molecule has 1 fully saturated rings. The van der Waals surface area contributed by atoms with Crippen molar-refractivity contribution < 1.29 is 14.7 Å². The Balaban J connectivity index is 2.41. The van der Waals surface area contributed by atoms with E-state index in [1.807, 2.05) is 0 Å². The average Bonchev–Trinajstić information content (AvgIpc) is 2.69. The molecule has 1 rings (SSSR count). The summed E-state index contributed by atoms with van der Waals surface area (Å²) in [4.78, 5) is 21.5. The molecular formula is C7H12N2O3. The van der Waals surface area contributed by atoms with Gasteiger partial charge in [-0.2, -0.15) is 0 Å². The summed E-state index contributed by atoms with van der Waals surface area (Å²) in [6.07, 6.45) is 1.29. The Morgan fingerprint density at radius 1 is 1.58 bits per heavy atom. The number of hydrogen-bond donors (Lipinski definition) is 3. The van der Waals surface area contributed by atoms with Crippen LogP contribution in [0.4, 0.5) is 0 Å². The highest BCUT2D eigenvalue weighted by Gasteiger charge is 2.46. The van der Waals surface area contributed by atoms with Crippen molar-refractivity contribution in [3.63, 3.8) is 0 Å². The zero-order chi connectivity index (χ0) is 9.35. The summed E-state index contributed by atoms with van der Waals surface area (Å²) >= 11 is 0. The van der Waals surface area contributed by atoms with E-state index in [4.69, 9.17) is 10.8 Å². The van der Waals surface area contributed by atoms with Crippen LogP contribution < -0.4 is 11.1 Å². The Hall–Kier alpha value is -1.10. The van der Waals surface area contributed by atoms with Crippen molar-refractivity contribution in [1.29, 1.82) is 0 Å². The number of aliphatic carboxylic acids is 1. The van der Waals surface area contributed by atoms with Gasteiger partial charge in [0.05, 0.1) is 5.54 Å². The lowest BCUT2D eigenvalue weighted by atomic mass is 10.2. The fourth-order valence-corrected chi connectivity index (χ4v) is 0.764. The maximum absolute atomic E-state index is 11.1. The van der Waals surface area contributed by atoms with Gasteiger partial charge in [-0.05, 0) is 19.8 Å². The Bertz CT molecular complexity index is 223. The molecule has 0 heterocycles. The van der Waals surface area contributed by atoms with Crippen molar-refractivity contribution in [2.75, 3.05) is 0 Å². The van der Waals surface area contributed by atoms with Gasteiger partial charge < -0.3 is 16.2 Å². The van der Waals surface area contributed by atoms with Crippen molar-refractivity contribution in [3.8, 4) is 0 Å². The number of nitrogens with two attached hydrogens (primary N) is 1. The first-order valence-electron chi connectivity index (χ1n) is 3.78. The number of carboxylic acids is 1. The van der Waals surface area contributed by atoms with Crippen LogP contribution in [0.3, 0.4) is 0 Å². The third kappa shape index (κ3) is 1.73. The van der Waals surface area contributed by atoms with Crippen LogP contribution in [0, 0.1) is 0 Å². The first-order chi connectivity index (χ1) is 5.46. The van der Waals surface area contributed by atoms with Crippen molar-refractivity contribution in [1.82, 2.24) is 5.32 Å². The van der Waals surface area contributed by atoms with Gasteiger partial charge in [-0.25, -0.2) is 0 Å². The fraction of sp³-hybridized carbons (Fsp3) is 0.714. The summed E-state index contributed by atoms with van der Waals surface area (Å²) in [6, 6.07) is -0.862. The molecule has 0 aliphatic heterocycles. The SMILES string of the molecule is CC(NC(=O)C1(N)CC1)C(=O)O. The summed E-state index contributed by atoms with van der Waals surface area (Å²) < 4.78 is 0. The Kier molecular flexibility index (Phi) is 2.06.